The van der Waals surface area contributed by atoms with Gasteiger partial charge in [-0.15, -0.1) is 12.4 Å². The Bertz CT molecular complexity index is 360. The van der Waals surface area contributed by atoms with Gasteiger partial charge in [-0.25, -0.2) is 0 Å². The maximum atomic E-state index is 11.5. The van der Waals surface area contributed by atoms with Crippen molar-refractivity contribution in [3.63, 3.8) is 0 Å². The van der Waals surface area contributed by atoms with Gasteiger partial charge in [0.2, 0.25) is 5.91 Å². The lowest BCUT2D eigenvalue weighted by Gasteiger charge is -2.09. The van der Waals surface area contributed by atoms with Crippen LogP contribution in [0.5, 0.6) is 0 Å². The van der Waals surface area contributed by atoms with Crippen molar-refractivity contribution in [1.29, 1.82) is 0 Å². The Morgan fingerprint density at radius 3 is 2.33 bits per heavy atom. The topological polar surface area (TPSA) is 55.1 Å². The van der Waals surface area contributed by atoms with Crippen molar-refractivity contribution in [3.05, 3.63) is 29.3 Å². The molecule has 3 N–H and O–H groups in total. The molecule has 82 valence electrons. The van der Waals surface area contributed by atoms with Crippen LogP contribution in [0.4, 0.5) is 5.69 Å². The molecule has 0 heterocycles. The summed E-state index contributed by atoms with van der Waals surface area (Å²) in [5.74, 6) is -0.111. The molecule has 0 saturated heterocycles. The van der Waals surface area contributed by atoms with Gasteiger partial charge in [-0.05, 0) is 37.1 Å². The van der Waals surface area contributed by atoms with Gasteiger partial charge in [0, 0.05) is 10.7 Å². The Morgan fingerprint density at radius 1 is 1.33 bits per heavy atom. The van der Waals surface area contributed by atoms with E-state index in [1.54, 1.807) is 24.3 Å². The van der Waals surface area contributed by atoms with E-state index in [0.29, 0.717) is 5.02 Å². The minimum absolute atomic E-state index is 0. The molecule has 1 aliphatic carbocycles. The molecule has 1 aromatic rings. The smallest absolute Gasteiger partial charge is 0.244 e. The van der Waals surface area contributed by atoms with Gasteiger partial charge >= 0.3 is 0 Å². The highest BCUT2D eigenvalue weighted by molar-refractivity contribution is 6.30. The third-order valence-corrected chi connectivity index (χ3v) is 2.59. The molecule has 1 saturated carbocycles. The number of carbonyl (C=O) groups excluding carboxylic acids is 1. The molecule has 3 nitrogen and oxygen atoms in total. The van der Waals surface area contributed by atoms with E-state index in [2.05, 4.69) is 5.32 Å². The van der Waals surface area contributed by atoms with Gasteiger partial charge in [-0.2, -0.15) is 0 Å². The van der Waals surface area contributed by atoms with Crippen LogP contribution in [-0.2, 0) is 4.79 Å². The number of rotatable bonds is 2. The molecular formula is C10H12Cl2N2O. The van der Waals surface area contributed by atoms with Crippen LogP contribution in [-0.4, -0.2) is 11.4 Å². The maximum Gasteiger partial charge on any atom is 0.244 e. The second-order valence-corrected chi connectivity index (χ2v) is 4.05. The fourth-order valence-electron chi connectivity index (χ4n) is 1.15. The summed E-state index contributed by atoms with van der Waals surface area (Å²) in [6, 6.07) is 6.97. The van der Waals surface area contributed by atoms with Gasteiger partial charge < -0.3 is 11.1 Å². The minimum atomic E-state index is -0.625. The first-order valence-electron chi connectivity index (χ1n) is 4.46. The number of hydrogen-bond acceptors (Lipinski definition) is 2. The highest BCUT2D eigenvalue weighted by Crippen LogP contribution is 2.33. The molecule has 1 aliphatic rings. The number of carbonyl (C=O) groups is 1. The van der Waals surface area contributed by atoms with Crippen LogP contribution in [0.2, 0.25) is 5.02 Å². The number of hydrogen-bond donors (Lipinski definition) is 2. The van der Waals surface area contributed by atoms with Gasteiger partial charge in [-0.3, -0.25) is 4.79 Å². The average molecular weight is 247 g/mol. The Hall–Kier alpha value is -0.770. The van der Waals surface area contributed by atoms with Crippen LogP contribution >= 0.6 is 24.0 Å². The number of amides is 1. The fraction of sp³-hybridized carbons (Fsp3) is 0.300. The summed E-state index contributed by atoms with van der Waals surface area (Å²) in [4.78, 5) is 11.5. The number of nitrogens with one attached hydrogen (secondary N) is 1. The van der Waals surface area contributed by atoms with Crippen molar-refractivity contribution in [2.75, 3.05) is 5.32 Å². The highest BCUT2D eigenvalue weighted by atomic mass is 35.5. The largest absolute Gasteiger partial charge is 0.324 e. The normalized spacial score (nSPS) is 16.4. The van der Waals surface area contributed by atoms with E-state index < -0.39 is 5.54 Å². The van der Waals surface area contributed by atoms with E-state index in [9.17, 15) is 4.79 Å². The molecule has 2 rings (SSSR count). The molecule has 1 amide bonds. The first kappa shape index (κ1) is 12.3. The third kappa shape index (κ3) is 2.84. The van der Waals surface area contributed by atoms with Crippen molar-refractivity contribution >= 4 is 35.6 Å². The van der Waals surface area contributed by atoms with Crippen molar-refractivity contribution in [1.82, 2.24) is 0 Å². The third-order valence-electron chi connectivity index (χ3n) is 2.34. The molecule has 0 spiro atoms. The highest BCUT2D eigenvalue weighted by Gasteiger charge is 2.45. The van der Waals surface area contributed by atoms with Crippen molar-refractivity contribution in [2.45, 2.75) is 18.4 Å². The first-order valence-corrected chi connectivity index (χ1v) is 4.84. The van der Waals surface area contributed by atoms with Crippen LogP contribution in [0.1, 0.15) is 12.8 Å². The average Bonchev–Trinajstić information content (AvgIpc) is 2.89. The quantitative estimate of drug-likeness (QED) is 0.841. The van der Waals surface area contributed by atoms with E-state index in [1.807, 2.05) is 0 Å². The maximum absolute atomic E-state index is 11.5. The summed E-state index contributed by atoms with van der Waals surface area (Å²) in [5.41, 5.74) is 5.84. The summed E-state index contributed by atoms with van der Waals surface area (Å²) in [7, 11) is 0. The zero-order valence-corrected chi connectivity index (χ0v) is 9.57. The lowest BCUT2D eigenvalue weighted by atomic mass is 10.2. The first-order chi connectivity index (χ1) is 6.60. The van der Waals surface area contributed by atoms with E-state index >= 15 is 0 Å². The molecule has 0 bridgehead atoms. The second kappa shape index (κ2) is 4.39. The lowest BCUT2D eigenvalue weighted by Crippen LogP contribution is -2.37. The predicted molar refractivity (Wildman–Crippen MR) is 63.5 cm³/mol. The molecule has 0 atom stereocenters. The SMILES string of the molecule is Cl.NC1(C(=O)Nc2ccc(Cl)cc2)CC1. The summed E-state index contributed by atoms with van der Waals surface area (Å²) < 4.78 is 0. The van der Waals surface area contributed by atoms with Gasteiger partial charge in [-0.1, -0.05) is 11.6 Å². The molecule has 0 aromatic heterocycles. The Morgan fingerprint density at radius 2 is 1.87 bits per heavy atom. The van der Waals surface area contributed by atoms with Crippen molar-refractivity contribution in [2.24, 2.45) is 5.73 Å². The summed E-state index contributed by atoms with van der Waals surface area (Å²) in [6.07, 6.45) is 1.54. The number of nitrogens with two attached hydrogens (primary N) is 1. The van der Waals surface area contributed by atoms with Gasteiger partial charge in [0.25, 0.3) is 0 Å². The van der Waals surface area contributed by atoms with Crippen LogP contribution in [0.15, 0.2) is 24.3 Å². The summed E-state index contributed by atoms with van der Waals surface area (Å²) in [6.45, 7) is 0. The number of benzene rings is 1. The van der Waals surface area contributed by atoms with E-state index in [-0.39, 0.29) is 18.3 Å². The molecule has 5 heteroatoms. The van der Waals surface area contributed by atoms with Gasteiger partial charge in [0.05, 0.1) is 5.54 Å². The lowest BCUT2D eigenvalue weighted by molar-refractivity contribution is -0.118. The van der Waals surface area contributed by atoms with Gasteiger partial charge in [0.1, 0.15) is 0 Å². The zero-order valence-electron chi connectivity index (χ0n) is 8.00. The molecule has 0 radical (unpaired) electrons. The van der Waals surface area contributed by atoms with E-state index in [4.69, 9.17) is 17.3 Å². The Balaban J connectivity index is 0.00000112. The van der Waals surface area contributed by atoms with Crippen LogP contribution in [0, 0.1) is 0 Å². The van der Waals surface area contributed by atoms with E-state index in [1.165, 1.54) is 0 Å². The summed E-state index contributed by atoms with van der Waals surface area (Å²) >= 11 is 5.71. The standard InChI is InChI=1S/C10H11ClN2O.ClH/c11-7-1-3-8(4-2-7)13-9(14)10(12)5-6-10;/h1-4H,5-6,12H2,(H,13,14);1H. The van der Waals surface area contributed by atoms with Gasteiger partial charge in [0.15, 0.2) is 0 Å². The molecule has 1 aromatic carbocycles. The fourth-order valence-corrected chi connectivity index (χ4v) is 1.28. The zero-order chi connectivity index (χ0) is 10.2. The van der Waals surface area contributed by atoms with E-state index in [0.717, 1.165) is 18.5 Å². The summed E-state index contributed by atoms with van der Waals surface area (Å²) in [5, 5.41) is 3.40. The predicted octanol–water partition coefficient (Wildman–Crippen LogP) is 2.19. The molecule has 0 aliphatic heterocycles. The molecular weight excluding hydrogens is 235 g/mol. The number of halogens is 2. The van der Waals surface area contributed by atoms with Crippen LogP contribution < -0.4 is 11.1 Å². The molecule has 15 heavy (non-hydrogen) atoms. The second-order valence-electron chi connectivity index (χ2n) is 3.62. The Kier molecular flexibility index (Phi) is 3.60. The molecule has 0 unspecified atom stereocenters. The molecule has 1 fully saturated rings. The minimum Gasteiger partial charge on any atom is -0.324 e. The van der Waals surface area contributed by atoms with Crippen LogP contribution in [0.25, 0.3) is 0 Å². The Labute approximate surface area is 99.4 Å². The monoisotopic (exact) mass is 246 g/mol. The van der Waals surface area contributed by atoms with Crippen molar-refractivity contribution < 1.29 is 4.79 Å². The van der Waals surface area contributed by atoms with Crippen molar-refractivity contribution in [3.8, 4) is 0 Å². The van der Waals surface area contributed by atoms with Crippen LogP contribution in [0.3, 0.4) is 0 Å². The number of anilines is 1.